The Kier molecular flexibility index (Phi) is 5.07. The molecule has 0 fully saturated rings. The highest BCUT2D eigenvalue weighted by atomic mass is 127. The number of hydrogen-bond acceptors (Lipinski definition) is 3. The van der Waals surface area contributed by atoms with E-state index < -0.39 is 5.97 Å². The lowest BCUT2D eigenvalue weighted by Gasteiger charge is -1.90. The van der Waals surface area contributed by atoms with Gasteiger partial charge in [-0.15, -0.1) is 11.6 Å². The molecule has 0 aromatic carbocycles. The van der Waals surface area contributed by atoms with Crippen LogP contribution >= 0.6 is 34.6 Å². The van der Waals surface area contributed by atoms with E-state index in [-0.39, 0.29) is 18.1 Å². The lowest BCUT2D eigenvalue weighted by Crippen LogP contribution is -2.07. The first-order valence-corrected chi connectivity index (χ1v) is 3.51. The fraction of sp³-hybridized carbons (Fsp3) is 0.500. The molecule has 0 heterocycles. The van der Waals surface area contributed by atoms with Gasteiger partial charge in [0.05, 0.1) is 5.88 Å². The Morgan fingerprint density at radius 2 is 2.11 bits per heavy atom. The zero-order chi connectivity index (χ0) is 7.28. The first-order chi connectivity index (χ1) is 4.20. The number of ketones is 1. The molecule has 0 unspecified atom stereocenters. The van der Waals surface area contributed by atoms with Crippen molar-refractivity contribution < 1.29 is 12.7 Å². The van der Waals surface area contributed by atoms with Crippen LogP contribution in [-0.4, -0.2) is 17.6 Å². The third kappa shape index (κ3) is 4.65. The molecule has 52 valence electrons. The van der Waals surface area contributed by atoms with Crippen molar-refractivity contribution in [1.82, 2.24) is 0 Å². The number of hydrogen-bond donors (Lipinski definition) is 0. The summed E-state index contributed by atoms with van der Waals surface area (Å²) in [4.78, 5) is 20.6. The van der Waals surface area contributed by atoms with Gasteiger partial charge in [-0.2, -0.15) is 0 Å². The van der Waals surface area contributed by atoms with E-state index in [4.69, 9.17) is 11.6 Å². The molecule has 0 saturated carbocycles. The monoisotopic (exact) mass is 262 g/mol. The van der Waals surface area contributed by atoms with Gasteiger partial charge in [-0.1, -0.05) is 0 Å². The molecule has 0 aliphatic heterocycles. The molecule has 0 aliphatic rings. The first kappa shape index (κ1) is 9.16. The topological polar surface area (TPSA) is 43.4 Å². The number of alkyl halides is 1. The summed E-state index contributed by atoms with van der Waals surface area (Å²) in [6.45, 7) is 0. The number of Topliss-reactive ketones (excluding diaryl/α,β-unsaturated/α-hetero) is 1. The molecule has 0 aliphatic carbocycles. The predicted octanol–water partition coefficient (Wildman–Crippen LogP) is 1.08. The van der Waals surface area contributed by atoms with Gasteiger partial charge < -0.3 is 3.07 Å². The normalized spacial score (nSPS) is 8.67. The van der Waals surface area contributed by atoms with Crippen molar-refractivity contribution in [2.75, 3.05) is 5.88 Å². The van der Waals surface area contributed by atoms with E-state index >= 15 is 0 Å². The van der Waals surface area contributed by atoms with E-state index in [0.717, 1.165) is 0 Å². The molecule has 0 N–H and O–H groups in total. The van der Waals surface area contributed by atoms with Crippen molar-refractivity contribution in [3.63, 3.8) is 0 Å². The smallest absolute Gasteiger partial charge is 0.322 e. The van der Waals surface area contributed by atoms with Crippen LogP contribution in [-0.2, 0) is 12.7 Å². The molecule has 0 saturated heterocycles. The largest absolute Gasteiger partial charge is 0.394 e. The Morgan fingerprint density at radius 3 is 2.44 bits per heavy atom. The van der Waals surface area contributed by atoms with E-state index in [1.807, 2.05) is 0 Å². The maximum Gasteiger partial charge on any atom is 0.322 e. The fourth-order valence-corrected chi connectivity index (χ4v) is 0.486. The number of carbonyl (C=O) groups excluding carboxylic acids is 2. The van der Waals surface area contributed by atoms with Crippen molar-refractivity contribution in [2.24, 2.45) is 0 Å². The average molecular weight is 262 g/mol. The third-order valence-corrected chi connectivity index (χ3v) is 1.37. The third-order valence-electron chi connectivity index (χ3n) is 0.577. The summed E-state index contributed by atoms with van der Waals surface area (Å²) in [6.07, 6.45) is -0.230. The van der Waals surface area contributed by atoms with Gasteiger partial charge in [0.2, 0.25) is 0 Å². The standard InChI is InChI=1S/C4H4ClIO3/c5-2-3(7)1-4(8)9-6/h1-2H2. The van der Waals surface area contributed by atoms with E-state index in [1.54, 1.807) is 0 Å². The van der Waals surface area contributed by atoms with Gasteiger partial charge in [-0.25, -0.2) is 0 Å². The Balaban J connectivity index is 3.47. The summed E-state index contributed by atoms with van der Waals surface area (Å²) in [5, 5.41) is 0. The highest BCUT2D eigenvalue weighted by molar-refractivity contribution is 14.1. The van der Waals surface area contributed by atoms with Crippen molar-refractivity contribution in [1.29, 1.82) is 0 Å². The zero-order valence-electron chi connectivity index (χ0n) is 4.39. The lowest BCUT2D eigenvalue weighted by molar-refractivity contribution is -0.134. The van der Waals surface area contributed by atoms with E-state index in [9.17, 15) is 9.59 Å². The predicted molar refractivity (Wildman–Crippen MR) is 40.5 cm³/mol. The molecule has 0 aromatic rings. The highest BCUT2D eigenvalue weighted by Gasteiger charge is 2.07. The van der Waals surface area contributed by atoms with Crippen LogP contribution in [0.25, 0.3) is 0 Å². The van der Waals surface area contributed by atoms with Crippen LogP contribution in [0.3, 0.4) is 0 Å². The van der Waals surface area contributed by atoms with Crippen LogP contribution in [0, 0.1) is 0 Å². The summed E-state index contributed by atoms with van der Waals surface area (Å²) >= 11 is 6.51. The number of carbonyl (C=O) groups is 2. The number of halogens is 2. The lowest BCUT2D eigenvalue weighted by atomic mass is 10.3. The highest BCUT2D eigenvalue weighted by Crippen LogP contribution is 1.94. The van der Waals surface area contributed by atoms with Crippen molar-refractivity contribution in [3.8, 4) is 0 Å². The number of rotatable bonds is 3. The van der Waals surface area contributed by atoms with Crippen molar-refractivity contribution >= 4 is 46.4 Å². The summed E-state index contributed by atoms with van der Waals surface area (Å²) in [5.74, 6) is -1.01. The molecule has 3 nitrogen and oxygen atoms in total. The van der Waals surface area contributed by atoms with Gasteiger partial charge in [-0.05, 0) is 0 Å². The molecular weight excluding hydrogens is 258 g/mol. The second-order valence-corrected chi connectivity index (χ2v) is 2.01. The van der Waals surface area contributed by atoms with E-state index in [0.29, 0.717) is 0 Å². The van der Waals surface area contributed by atoms with Gasteiger partial charge in [-0.3, -0.25) is 9.59 Å². The van der Waals surface area contributed by atoms with Crippen LogP contribution in [0.2, 0.25) is 0 Å². The first-order valence-electron chi connectivity index (χ1n) is 2.09. The second kappa shape index (κ2) is 4.99. The van der Waals surface area contributed by atoms with E-state index in [1.165, 1.54) is 23.0 Å². The molecule has 0 radical (unpaired) electrons. The second-order valence-electron chi connectivity index (χ2n) is 1.30. The summed E-state index contributed by atoms with van der Waals surface area (Å²) in [6, 6.07) is 0. The summed E-state index contributed by atoms with van der Waals surface area (Å²) in [5.41, 5.74) is 0. The van der Waals surface area contributed by atoms with Gasteiger partial charge in [0, 0.05) is 0 Å². The minimum Gasteiger partial charge on any atom is -0.394 e. The van der Waals surface area contributed by atoms with Gasteiger partial charge in [0.1, 0.15) is 6.42 Å². The van der Waals surface area contributed by atoms with Crippen LogP contribution < -0.4 is 0 Å². The van der Waals surface area contributed by atoms with Crippen LogP contribution in [0.1, 0.15) is 6.42 Å². The van der Waals surface area contributed by atoms with Crippen LogP contribution in [0.5, 0.6) is 0 Å². The molecule has 0 rings (SSSR count). The zero-order valence-corrected chi connectivity index (χ0v) is 7.31. The van der Waals surface area contributed by atoms with Gasteiger partial charge in [0.25, 0.3) is 0 Å². The minimum absolute atomic E-state index is 0.133. The van der Waals surface area contributed by atoms with Crippen LogP contribution in [0.4, 0.5) is 0 Å². The Bertz CT molecular complexity index is 111. The quantitative estimate of drug-likeness (QED) is 0.434. The Hall–Kier alpha value is 0.160. The maximum absolute atomic E-state index is 10.3. The Labute approximate surface area is 71.4 Å². The minimum atomic E-state index is -0.554. The molecular formula is C4H4ClIO3. The van der Waals surface area contributed by atoms with Gasteiger partial charge in [0.15, 0.2) is 28.8 Å². The molecule has 0 bridgehead atoms. The maximum atomic E-state index is 10.3. The Morgan fingerprint density at radius 1 is 1.56 bits per heavy atom. The molecule has 9 heavy (non-hydrogen) atoms. The fourth-order valence-electron chi connectivity index (χ4n) is 0.236. The van der Waals surface area contributed by atoms with Crippen LogP contribution in [0.15, 0.2) is 0 Å². The molecule has 0 atom stereocenters. The molecule has 0 amide bonds. The average Bonchev–Trinajstić information content (AvgIpc) is 1.87. The van der Waals surface area contributed by atoms with Crippen molar-refractivity contribution in [3.05, 3.63) is 0 Å². The molecule has 0 spiro atoms. The van der Waals surface area contributed by atoms with E-state index in [2.05, 4.69) is 3.07 Å². The summed E-state index contributed by atoms with van der Waals surface area (Å²) in [7, 11) is 0. The molecule has 5 heteroatoms. The SMILES string of the molecule is O=C(CCl)CC(=O)OI. The van der Waals surface area contributed by atoms with Crippen molar-refractivity contribution in [2.45, 2.75) is 6.42 Å². The summed E-state index contributed by atoms with van der Waals surface area (Å²) < 4.78 is 4.17. The van der Waals surface area contributed by atoms with Gasteiger partial charge >= 0.3 is 5.97 Å². The molecule has 0 aromatic heterocycles.